The Kier molecular flexibility index (Phi) is 7.74. The molecule has 3 aromatic rings. The summed E-state index contributed by atoms with van der Waals surface area (Å²) in [5.74, 6) is 0.106. The Morgan fingerprint density at radius 1 is 0.912 bits per heavy atom. The normalized spacial score (nSPS) is 11.1. The average molecular weight is 503 g/mol. The average Bonchev–Trinajstić information content (AvgIpc) is 2.80. The van der Waals surface area contributed by atoms with Gasteiger partial charge >= 0.3 is 0 Å². The second-order valence-corrected chi connectivity index (χ2v) is 10.1. The van der Waals surface area contributed by atoms with E-state index in [9.17, 15) is 13.2 Å². The molecule has 3 aromatic carbocycles. The van der Waals surface area contributed by atoms with Crippen molar-refractivity contribution in [2.24, 2.45) is 0 Å². The van der Waals surface area contributed by atoms with Gasteiger partial charge in [-0.25, -0.2) is 8.42 Å². The number of sulfonamides is 1. The standard InChI is InChI=1S/C25H27ClN2O5S/c1-16-7-10-19(11-8-16)34(30,31)28(22-12-17(2)6-9-18(22)3)15-25(29)27-21-14-23(32-4)20(26)13-24(21)33-5/h6-14H,15H2,1-5H3,(H,27,29). The fourth-order valence-corrected chi connectivity index (χ4v) is 5.11. The minimum Gasteiger partial charge on any atom is -0.495 e. The van der Waals surface area contributed by atoms with Gasteiger partial charge in [0.2, 0.25) is 5.91 Å². The predicted molar refractivity (Wildman–Crippen MR) is 135 cm³/mol. The molecule has 0 aliphatic carbocycles. The van der Waals surface area contributed by atoms with Gasteiger partial charge in [0.1, 0.15) is 18.0 Å². The third-order valence-corrected chi connectivity index (χ3v) is 7.35. The molecule has 1 amide bonds. The Balaban J connectivity index is 2.02. The van der Waals surface area contributed by atoms with E-state index in [1.54, 1.807) is 25.1 Å². The number of hydrogen-bond donors (Lipinski definition) is 1. The lowest BCUT2D eigenvalue weighted by Crippen LogP contribution is -2.38. The van der Waals surface area contributed by atoms with Crippen LogP contribution in [0.5, 0.6) is 11.5 Å². The first kappa shape index (κ1) is 25.4. The van der Waals surface area contributed by atoms with E-state index in [1.165, 1.54) is 38.5 Å². The lowest BCUT2D eigenvalue weighted by molar-refractivity contribution is -0.114. The molecule has 0 aromatic heterocycles. The van der Waals surface area contributed by atoms with Gasteiger partial charge < -0.3 is 14.8 Å². The number of benzene rings is 3. The lowest BCUT2D eigenvalue weighted by atomic mass is 10.1. The number of carbonyl (C=O) groups is 1. The van der Waals surface area contributed by atoms with Crippen molar-refractivity contribution in [3.05, 3.63) is 76.3 Å². The number of nitrogens with zero attached hydrogens (tertiary/aromatic N) is 1. The minimum atomic E-state index is -4.04. The minimum absolute atomic E-state index is 0.0950. The Hall–Kier alpha value is -3.23. The van der Waals surface area contributed by atoms with E-state index in [2.05, 4.69) is 5.32 Å². The van der Waals surface area contributed by atoms with E-state index in [4.69, 9.17) is 21.1 Å². The molecular weight excluding hydrogens is 476 g/mol. The number of rotatable bonds is 8. The first-order chi connectivity index (χ1) is 16.1. The molecule has 0 heterocycles. The summed E-state index contributed by atoms with van der Waals surface area (Å²) in [4.78, 5) is 13.2. The van der Waals surface area contributed by atoms with Gasteiger partial charge in [-0.3, -0.25) is 9.10 Å². The van der Waals surface area contributed by atoms with Gasteiger partial charge in [0.05, 0.1) is 35.5 Å². The highest BCUT2D eigenvalue weighted by atomic mass is 35.5. The summed E-state index contributed by atoms with van der Waals surface area (Å²) >= 11 is 6.15. The van der Waals surface area contributed by atoms with Gasteiger partial charge in [-0.2, -0.15) is 0 Å². The van der Waals surface area contributed by atoms with Crippen molar-refractivity contribution in [2.45, 2.75) is 25.7 Å². The number of halogens is 1. The highest BCUT2D eigenvalue weighted by molar-refractivity contribution is 7.92. The first-order valence-corrected chi connectivity index (χ1v) is 12.3. The topological polar surface area (TPSA) is 84.9 Å². The van der Waals surface area contributed by atoms with E-state index in [-0.39, 0.29) is 4.90 Å². The van der Waals surface area contributed by atoms with Crippen LogP contribution in [-0.4, -0.2) is 35.1 Å². The van der Waals surface area contributed by atoms with Crippen LogP contribution in [0.2, 0.25) is 5.02 Å². The lowest BCUT2D eigenvalue weighted by Gasteiger charge is -2.26. The number of anilines is 2. The van der Waals surface area contributed by atoms with Crippen molar-refractivity contribution in [3.8, 4) is 11.5 Å². The molecule has 0 bridgehead atoms. The molecule has 0 atom stereocenters. The maximum absolute atomic E-state index is 13.6. The van der Waals surface area contributed by atoms with Crippen LogP contribution in [0.3, 0.4) is 0 Å². The number of carbonyl (C=O) groups excluding carboxylic acids is 1. The highest BCUT2D eigenvalue weighted by Gasteiger charge is 2.29. The van der Waals surface area contributed by atoms with Crippen LogP contribution in [0.15, 0.2) is 59.5 Å². The highest BCUT2D eigenvalue weighted by Crippen LogP contribution is 2.36. The molecule has 0 radical (unpaired) electrons. The monoisotopic (exact) mass is 502 g/mol. The molecule has 0 fully saturated rings. The van der Waals surface area contributed by atoms with Crippen LogP contribution in [0.25, 0.3) is 0 Å². The second kappa shape index (κ2) is 10.4. The van der Waals surface area contributed by atoms with Gasteiger partial charge in [0, 0.05) is 12.1 Å². The number of nitrogens with one attached hydrogen (secondary N) is 1. The summed E-state index contributed by atoms with van der Waals surface area (Å²) in [5.41, 5.74) is 3.26. The van der Waals surface area contributed by atoms with Crippen LogP contribution < -0.4 is 19.1 Å². The van der Waals surface area contributed by atoms with Crippen LogP contribution >= 0.6 is 11.6 Å². The van der Waals surface area contributed by atoms with Crippen molar-refractivity contribution in [1.29, 1.82) is 0 Å². The summed E-state index contributed by atoms with van der Waals surface area (Å²) in [5, 5.41) is 3.04. The Morgan fingerprint density at radius 3 is 2.15 bits per heavy atom. The molecule has 180 valence electrons. The van der Waals surface area contributed by atoms with Crippen LogP contribution in [0.4, 0.5) is 11.4 Å². The number of hydrogen-bond acceptors (Lipinski definition) is 5. The molecule has 0 unspecified atom stereocenters. The number of methoxy groups -OCH3 is 2. The van der Waals surface area contributed by atoms with Crippen molar-refractivity contribution in [1.82, 2.24) is 0 Å². The predicted octanol–water partition coefficient (Wildman–Crippen LogP) is 5.12. The van der Waals surface area contributed by atoms with Crippen LogP contribution in [0.1, 0.15) is 16.7 Å². The smallest absolute Gasteiger partial charge is 0.264 e. The maximum Gasteiger partial charge on any atom is 0.264 e. The largest absolute Gasteiger partial charge is 0.495 e. The SMILES string of the molecule is COc1cc(NC(=O)CN(c2cc(C)ccc2C)S(=O)(=O)c2ccc(C)cc2)c(OC)cc1Cl. The molecule has 3 rings (SSSR count). The first-order valence-electron chi connectivity index (χ1n) is 10.4. The van der Waals surface area contributed by atoms with E-state index >= 15 is 0 Å². The third kappa shape index (κ3) is 5.46. The summed E-state index contributed by atoms with van der Waals surface area (Å²) in [6.45, 7) is 5.09. The third-order valence-electron chi connectivity index (χ3n) is 5.28. The maximum atomic E-state index is 13.6. The van der Waals surface area contributed by atoms with Crippen molar-refractivity contribution >= 4 is 38.9 Å². The van der Waals surface area contributed by atoms with Crippen LogP contribution in [0, 0.1) is 20.8 Å². The molecule has 0 saturated heterocycles. The van der Waals surface area contributed by atoms with Crippen molar-refractivity contribution in [2.75, 3.05) is 30.4 Å². The van der Waals surface area contributed by atoms with Gasteiger partial charge in [-0.15, -0.1) is 0 Å². The number of amides is 1. The van der Waals surface area contributed by atoms with E-state index in [1.807, 2.05) is 26.0 Å². The zero-order valence-electron chi connectivity index (χ0n) is 19.7. The summed E-state index contributed by atoms with van der Waals surface area (Å²) in [6, 6.07) is 15.0. The fraction of sp³-hybridized carbons (Fsp3) is 0.240. The quantitative estimate of drug-likeness (QED) is 0.462. The Labute approximate surface area is 205 Å². The van der Waals surface area contributed by atoms with Crippen LogP contribution in [-0.2, 0) is 14.8 Å². The second-order valence-electron chi connectivity index (χ2n) is 7.85. The van der Waals surface area contributed by atoms with E-state index < -0.39 is 22.5 Å². The molecule has 0 aliphatic heterocycles. The molecule has 34 heavy (non-hydrogen) atoms. The van der Waals surface area contributed by atoms with E-state index in [0.717, 1.165) is 21.0 Å². The zero-order chi connectivity index (χ0) is 25.0. The van der Waals surface area contributed by atoms with Gasteiger partial charge in [-0.05, 0) is 50.1 Å². The zero-order valence-corrected chi connectivity index (χ0v) is 21.3. The Bertz CT molecular complexity index is 1310. The van der Waals surface area contributed by atoms with Gasteiger partial charge in [0.15, 0.2) is 0 Å². The molecule has 0 saturated carbocycles. The fourth-order valence-electron chi connectivity index (χ4n) is 3.40. The molecule has 1 N–H and O–H groups in total. The molecule has 0 aliphatic rings. The molecule has 9 heteroatoms. The summed E-state index contributed by atoms with van der Waals surface area (Å²) in [6.07, 6.45) is 0. The van der Waals surface area contributed by atoms with Crippen molar-refractivity contribution < 1.29 is 22.7 Å². The van der Waals surface area contributed by atoms with Gasteiger partial charge in [-0.1, -0.05) is 41.4 Å². The molecule has 7 nitrogen and oxygen atoms in total. The number of ether oxygens (including phenoxy) is 2. The summed E-state index contributed by atoms with van der Waals surface area (Å²) in [7, 11) is -1.14. The van der Waals surface area contributed by atoms with E-state index in [0.29, 0.717) is 27.9 Å². The number of aryl methyl sites for hydroxylation is 3. The Morgan fingerprint density at radius 2 is 1.53 bits per heavy atom. The summed E-state index contributed by atoms with van der Waals surface area (Å²) < 4.78 is 38.9. The molecular formula is C25H27ClN2O5S. The molecule has 0 spiro atoms. The van der Waals surface area contributed by atoms with Gasteiger partial charge in [0.25, 0.3) is 10.0 Å². The van der Waals surface area contributed by atoms with Crippen molar-refractivity contribution in [3.63, 3.8) is 0 Å².